The van der Waals surface area contributed by atoms with Crippen LogP contribution in [-0.4, -0.2) is 27.8 Å². The van der Waals surface area contributed by atoms with Gasteiger partial charge in [0.25, 0.3) is 0 Å². The van der Waals surface area contributed by atoms with E-state index in [1.165, 1.54) is 11.7 Å². The minimum Gasteiger partial charge on any atom is -0.315 e. The summed E-state index contributed by atoms with van der Waals surface area (Å²) in [6.07, 6.45) is 16.2. The third-order valence-electron chi connectivity index (χ3n) is 8.88. The lowest BCUT2D eigenvalue weighted by molar-refractivity contribution is 0.576. The quantitative estimate of drug-likeness (QED) is 0.0884. The first kappa shape index (κ1) is 37.1. The molecule has 5 heterocycles. The van der Waals surface area contributed by atoms with E-state index in [2.05, 4.69) is 84.5 Å². The van der Waals surface area contributed by atoms with Gasteiger partial charge in [-0.3, -0.25) is 0 Å². The Hall–Kier alpha value is -5.70. The molecule has 0 amide bonds. The Bertz CT molecular complexity index is 2290. The maximum atomic E-state index is 9.74. The van der Waals surface area contributed by atoms with E-state index in [9.17, 15) is 21.0 Å². The highest BCUT2D eigenvalue weighted by atomic mass is 32.1. The second-order valence-electron chi connectivity index (χ2n) is 12.4. The van der Waals surface area contributed by atoms with Crippen molar-refractivity contribution in [2.45, 2.75) is 78.3 Å². The van der Waals surface area contributed by atoms with Gasteiger partial charge in [0.1, 0.15) is 47.0 Å². The van der Waals surface area contributed by atoms with Crippen LogP contribution < -0.4 is 0 Å². The lowest BCUT2D eigenvalue weighted by Gasteiger charge is -2.06. The molecule has 0 aliphatic heterocycles. The van der Waals surface area contributed by atoms with Crippen LogP contribution in [0.1, 0.15) is 109 Å². The smallest absolute Gasteiger partial charge is 0.177 e. The number of thiophene rings is 2. The van der Waals surface area contributed by atoms with Gasteiger partial charge >= 0.3 is 0 Å². The fraction of sp³-hybridized carbons (Fsp3) is 0.300. The molecule has 0 aliphatic rings. The van der Waals surface area contributed by atoms with E-state index in [0.29, 0.717) is 36.1 Å². The summed E-state index contributed by atoms with van der Waals surface area (Å²) in [4.78, 5) is 13.1. The van der Waals surface area contributed by atoms with Gasteiger partial charge in [0.05, 0.1) is 11.7 Å². The summed E-state index contributed by atoms with van der Waals surface area (Å²) in [6, 6.07) is 20.9. The Balaban J connectivity index is 1.22. The summed E-state index contributed by atoms with van der Waals surface area (Å²) >= 11 is 4.45. The average Bonchev–Trinajstić information content (AvgIpc) is 4.03. The first-order chi connectivity index (χ1) is 26.0. The number of nitriles is 4. The van der Waals surface area contributed by atoms with Gasteiger partial charge in [0.15, 0.2) is 22.8 Å². The number of imidazole rings is 2. The van der Waals surface area contributed by atoms with Crippen LogP contribution in [0.25, 0.3) is 56.2 Å². The molecule has 0 saturated heterocycles. The van der Waals surface area contributed by atoms with Crippen molar-refractivity contribution in [3.8, 4) is 45.2 Å². The van der Waals surface area contributed by atoms with Crippen molar-refractivity contribution < 1.29 is 0 Å². The van der Waals surface area contributed by atoms with Gasteiger partial charge in [-0.25, -0.2) is 9.97 Å². The second-order valence-corrected chi connectivity index (χ2v) is 15.2. The first-order valence-electron chi connectivity index (χ1n) is 17.7. The Kier molecular flexibility index (Phi) is 12.4. The third kappa shape index (κ3) is 8.19. The minimum absolute atomic E-state index is 0.158. The fourth-order valence-electron chi connectivity index (χ4n) is 6.18. The van der Waals surface area contributed by atoms with Gasteiger partial charge in [-0.15, -0.1) is 22.7 Å². The van der Waals surface area contributed by atoms with Crippen molar-refractivity contribution in [3.05, 3.63) is 80.6 Å². The highest BCUT2D eigenvalue weighted by molar-refractivity contribution is 7.17. The van der Waals surface area contributed by atoms with Crippen LogP contribution in [0.3, 0.4) is 0 Å². The minimum atomic E-state index is 0.158. The van der Waals surface area contributed by atoms with E-state index in [4.69, 9.17) is 8.75 Å². The van der Waals surface area contributed by atoms with Gasteiger partial charge < -0.3 is 9.13 Å². The number of aromatic nitrogens is 6. The molecule has 6 rings (SSSR count). The van der Waals surface area contributed by atoms with Crippen LogP contribution in [0.4, 0.5) is 0 Å². The van der Waals surface area contributed by atoms with Crippen molar-refractivity contribution >= 4 is 69.7 Å². The number of hydrogen-bond acceptors (Lipinski definition) is 11. The number of nitrogens with zero attached hydrogens (tertiary/aromatic N) is 10. The van der Waals surface area contributed by atoms with E-state index in [-0.39, 0.29) is 11.4 Å². The normalized spacial score (nSPS) is 11.4. The van der Waals surface area contributed by atoms with Crippen LogP contribution in [0.15, 0.2) is 36.4 Å². The van der Waals surface area contributed by atoms with Gasteiger partial charge in [0, 0.05) is 43.7 Å². The van der Waals surface area contributed by atoms with Crippen molar-refractivity contribution in [1.82, 2.24) is 27.8 Å². The zero-order chi connectivity index (χ0) is 37.2. The van der Waals surface area contributed by atoms with Crippen molar-refractivity contribution in [2.24, 2.45) is 0 Å². The van der Waals surface area contributed by atoms with Crippen LogP contribution in [0, 0.1) is 45.3 Å². The number of fused-ring (bicyclic) bond motifs is 1. The molecule has 53 heavy (non-hydrogen) atoms. The molecular formula is C40H36N10S3. The molecule has 0 fully saturated rings. The van der Waals surface area contributed by atoms with Gasteiger partial charge in [-0.1, -0.05) is 64.5 Å². The third-order valence-corrected chi connectivity index (χ3v) is 11.6. The molecule has 0 aliphatic carbocycles. The van der Waals surface area contributed by atoms with E-state index < -0.39 is 0 Å². The lowest BCUT2D eigenvalue weighted by atomic mass is 10.1. The molecule has 0 spiro atoms. The summed E-state index contributed by atoms with van der Waals surface area (Å²) in [6.45, 7) is 5.62. The second kappa shape index (κ2) is 17.7. The molecule has 5 aromatic heterocycles. The SMILES string of the molecule is CCCCCCn1c(/C=C/c2ccc(-c3ccc(-c4ccc(/C=C/c5nc(C#N)c(C#N)n5CCCCCC)s4)c4nsnc34)s2)nc(C#N)c1C#N. The van der Waals surface area contributed by atoms with Crippen LogP contribution in [-0.2, 0) is 13.1 Å². The maximum absolute atomic E-state index is 9.74. The summed E-state index contributed by atoms with van der Waals surface area (Å²) in [5.74, 6) is 1.22. The molecule has 0 saturated carbocycles. The maximum Gasteiger partial charge on any atom is 0.177 e. The zero-order valence-corrected chi connectivity index (χ0v) is 32.0. The molecule has 6 aromatic rings. The molecule has 13 heteroatoms. The van der Waals surface area contributed by atoms with Crippen LogP contribution in [0.5, 0.6) is 0 Å². The van der Waals surface area contributed by atoms with Crippen LogP contribution in [0.2, 0.25) is 0 Å². The van der Waals surface area contributed by atoms with Gasteiger partial charge in [0.2, 0.25) is 0 Å². The summed E-state index contributed by atoms with van der Waals surface area (Å²) < 4.78 is 13.1. The summed E-state index contributed by atoms with van der Waals surface area (Å²) in [7, 11) is 0. The lowest BCUT2D eigenvalue weighted by Crippen LogP contribution is -2.03. The predicted molar refractivity (Wildman–Crippen MR) is 213 cm³/mol. The van der Waals surface area contributed by atoms with Crippen molar-refractivity contribution in [1.29, 1.82) is 21.0 Å². The number of unbranched alkanes of at least 4 members (excludes halogenated alkanes) is 6. The number of hydrogen-bond donors (Lipinski definition) is 0. The van der Waals surface area contributed by atoms with Crippen molar-refractivity contribution in [2.75, 3.05) is 0 Å². The van der Waals surface area contributed by atoms with E-state index in [1.807, 2.05) is 33.4 Å². The largest absolute Gasteiger partial charge is 0.315 e. The zero-order valence-electron chi connectivity index (χ0n) is 29.5. The average molecular weight is 753 g/mol. The molecule has 0 bridgehead atoms. The van der Waals surface area contributed by atoms with Crippen molar-refractivity contribution in [3.63, 3.8) is 0 Å². The molecule has 0 unspecified atom stereocenters. The highest BCUT2D eigenvalue weighted by Crippen LogP contribution is 2.40. The first-order valence-corrected chi connectivity index (χ1v) is 20.0. The Morgan fingerprint density at radius 3 is 1.42 bits per heavy atom. The number of benzene rings is 1. The monoisotopic (exact) mass is 752 g/mol. The molecule has 1 aromatic carbocycles. The van der Waals surface area contributed by atoms with Gasteiger partial charge in [-0.2, -0.15) is 29.8 Å². The molecule has 0 radical (unpaired) electrons. The van der Waals surface area contributed by atoms with Crippen LogP contribution >= 0.6 is 34.4 Å². The summed E-state index contributed by atoms with van der Waals surface area (Å²) in [5, 5.41) is 38.6. The predicted octanol–water partition coefficient (Wildman–Crippen LogP) is 10.5. The molecular weight excluding hydrogens is 717 g/mol. The van der Waals surface area contributed by atoms with E-state index in [0.717, 1.165) is 93.0 Å². The number of rotatable bonds is 16. The van der Waals surface area contributed by atoms with E-state index >= 15 is 0 Å². The molecule has 0 N–H and O–H groups in total. The topological polar surface area (TPSA) is 157 Å². The Morgan fingerprint density at radius 2 is 1.02 bits per heavy atom. The fourth-order valence-corrected chi connectivity index (χ4v) is 8.62. The summed E-state index contributed by atoms with van der Waals surface area (Å²) in [5.41, 5.74) is 4.63. The Labute approximate surface area is 321 Å². The highest BCUT2D eigenvalue weighted by Gasteiger charge is 2.18. The molecule has 10 nitrogen and oxygen atoms in total. The standard InChI is InChI=1S/C40H36N10S3/c1-3-5-7-9-21-49-33(25-43)31(23-41)45-37(49)19-13-27-11-17-35(51-27)29-15-16-30(40-39(29)47-53-48-40)36-18-12-28(52-36)14-20-38-46-32(24-42)34(26-44)50(38)22-10-8-6-4-2/h11-20H,3-10,21-22H2,1-2H3/b19-13+,20-14+. The van der Waals surface area contributed by atoms with Gasteiger partial charge in [-0.05, 0) is 61.4 Å². The van der Waals surface area contributed by atoms with E-state index in [1.54, 1.807) is 22.7 Å². The Morgan fingerprint density at radius 1 is 0.566 bits per heavy atom. The molecule has 0 atom stereocenters. The molecule has 264 valence electrons.